The summed E-state index contributed by atoms with van der Waals surface area (Å²) < 4.78 is 38.8. The monoisotopic (exact) mass is 393 g/mol. The van der Waals surface area contributed by atoms with E-state index in [9.17, 15) is 18.0 Å². The number of anilines is 1. The van der Waals surface area contributed by atoms with Gasteiger partial charge in [0.1, 0.15) is 0 Å². The van der Waals surface area contributed by atoms with E-state index >= 15 is 0 Å². The van der Waals surface area contributed by atoms with Gasteiger partial charge in [-0.2, -0.15) is 13.2 Å². The SMILES string of the molecule is Cc1ccc(C(F)(F)F)cc1NCC(=O)c1sc(C)c2c1C[C@@H]1[C@H]2C1(C)C. The third kappa shape index (κ3) is 2.89. The minimum Gasteiger partial charge on any atom is -0.377 e. The summed E-state index contributed by atoms with van der Waals surface area (Å²) in [5, 5.41) is 2.92. The van der Waals surface area contributed by atoms with Crippen LogP contribution in [0, 0.1) is 25.2 Å². The molecule has 1 fully saturated rings. The fraction of sp³-hybridized carbons (Fsp3) is 0.476. The van der Waals surface area contributed by atoms with Gasteiger partial charge in [0, 0.05) is 10.6 Å². The molecule has 2 aliphatic rings. The van der Waals surface area contributed by atoms with Crippen LogP contribution in [-0.2, 0) is 12.6 Å². The molecular weight excluding hydrogens is 371 g/mol. The molecule has 2 aromatic rings. The van der Waals surface area contributed by atoms with Crippen molar-refractivity contribution in [3.05, 3.63) is 50.2 Å². The fourth-order valence-electron chi connectivity index (χ4n) is 4.60. The molecule has 2 atom stereocenters. The summed E-state index contributed by atoms with van der Waals surface area (Å²) in [4.78, 5) is 14.8. The van der Waals surface area contributed by atoms with E-state index in [0.29, 0.717) is 28.5 Å². The van der Waals surface area contributed by atoms with Gasteiger partial charge in [0.25, 0.3) is 0 Å². The first-order valence-electron chi connectivity index (χ1n) is 9.09. The van der Waals surface area contributed by atoms with E-state index in [4.69, 9.17) is 0 Å². The molecular formula is C21H22F3NOS. The van der Waals surface area contributed by atoms with Crippen LogP contribution in [0.1, 0.15) is 56.6 Å². The highest BCUT2D eigenvalue weighted by Crippen LogP contribution is 2.71. The lowest BCUT2D eigenvalue weighted by atomic mass is 9.94. The second-order valence-corrected chi connectivity index (χ2v) is 9.52. The largest absolute Gasteiger partial charge is 0.416 e. The lowest BCUT2D eigenvalue weighted by molar-refractivity contribution is -0.137. The van der Waals surface area contributed by atoms with Gasteiger partial charge in [-0.1, -0.05) is 19.9 Å². The molecule has 0 saturated heterocycles. The van der Waals surface area contributed by atoms with E-state index in [0.717, 1.165) is 23.4 Å². The van der Waals surface area contributed by atoms with Crippen molar-refractivity contribution >= 4 is 22.8 Å². The highest BCUT2D eigenvalue weighted by Gasteiger charge is 2.63. The third-order valence-corrected chi connectivity index (χ3v) is 7.48. The minimum absolute atomic E-state index is 0.00721. The maximum Gasteiger partial charge on any atom is 0.416 e. The van der Waals surface area contributed by atoms with Gasteiger partial charge in [-0.25, -0.2) is 0 Å². The highest BCUT2D eigenvalue weighted by atomic mass is 32.1. The summed E-state index contributed by atoms with van der Waals surface area (Å²) >= 11 is 1.53. The molecule has 0 spiro atoms. The number of aryl methyl sites for hydroxylation is 2. The molecule has 0 aliphatic heterocycles. The second kappa shape index (κ2) is 5.84. The zero-order valence-corrected chi connectivity index (χ0v) is 16.6. The topological polar surface area (TPSA) is 29.1 Å². The third-order valence-electron chi connectivity index (χ3n) is 6.28. The van der Waals surface area contributed by atoms with Crippen LogP contribution < -0.4 is 5.32 Å². The predicted molar refractivity (Wildman–Crippen MR) is 102 cm³/mol. The van der Waals surface area contributed by atoms with Crippen molar-refractivity contribution in [2.24, 2.45) is 11.3 Å². The van der Waals surface area contributed by atoms with Crippen molar-refractivity contribution in [2.75, 3.05) is 11.9 Å². The van der Waals surface area contributed by atoms with Crippen LogP contribution in [-0.4, -0.2) is 12.3 Å². The van der Waals surface area contributed by atoms with Crippen LogP contribution in [0.15, 0.2) is 18.2 Å². The molecule has 27 heavy (non-hydrogen) atoms. The molecule has 1 N–H and O–H groups in total. The van der Waals surface area contributed by atoms with E-state index in [2.05, 4.69) is 26.1 Å². The summed E-state index contributed by atoms with van der Waals surface area (Å²) in [5.41, 5.74) is 3.19. The number of halogens is 3. The van der Waals surface area contributed by atoms with Crippen LogP contribution in [0.3, 0.4) is 0 Å². The van der Waals surface area contributed by atoms with Crippen LogP contribution in [0.5, 0.6) is 0 Å². The van der Waals surface area contributed by atoms with E-state index in [1.807, 2.05) is 0 Å². The number of fused-ring (bicyclic) bond motifs is 3. The Labute approximate surface area is 160 Å². The van der Waals surface area contributed by atoms with E-state index in [-0.39, 0.29) is 12.3 Å². The van der Waals surface area contributed by atoms with E-state index in [1.165, 1.54) is 33.4 Å². The van der Waals surface area contributed by atoms with Crippen molar-refractivity contribution in [2.45, 2.75) is 46.2 Å². The first-order valence-corrected chi connectivity index (χ1v) is 9.90. The number of thiophene rings is 1. The average molecular weight is 393 g/mol. The van der Waals surface area contributed by atoms with Gasteiger partial charge in [-0.05, 0) is 66.3 Å². The van der Waals surface area contributed by atoms with Crippen LogP contribution in [0.4, 0.5) is 18.9 Å². The number of carbonyl (C=O) groups excluding carboxylic acids is 1. The molecule has 0 radical (unpaired) electrons. The lowest BCUT2D eigenvalue weighted by Crippen LogP contribution is -2.16. The smallest absolute Gasteiger partial charge is 0.377 e. The summed E-state index contributed by atoms with van der Waals surface area (Å²) in [6.45, 7) is 8.37. The molecule has 2 aliphatic carbocycles. The number of ketones is 1. The molecule has 144 valence electrons. The Morgan fingerprint density at radius 1 is 1.30 bits per heavy atom. The molecule has 1 heterocycles. The minimum atomic E-state index is -4.40. The molecule has 1 saturated carbocycles. The van der Waals surface area contributed by atoms with Gasteiger partial charge in [-0.3, -0.25) is 4.79 Å². The zero-order valence-electron chi connectivity index (χ0n) is 15.8. The second-order valence-electron chi connectivity index (χ2n) is 8.29. The number of rotatable bonds is 4. The number of hydrogen-bond acceptors (Lipinski definition) is 3. The Morgan fingerprint density at radius 2 is 2.00 bits per heavy atom. The summed E-state index contributed by atoms with van der Waals surface area (Å²) in [6, 6.07) is 3.56. The number of carbonyl (C=O) groups is 1. The predicted octanol–water partition coefficient (Wildman–Crippen LogP) is 5.97. The normalized spacial score (nSPS) is 22.3. The Bertz CT molecular complexity index is 942. The van der Waals surface area contributed by atoms with Crippen molar-refractivity contribution in [1.29, 1.82) is 0 Å². The highest BCUT2D eigenvalue weighted by molar-refractivity contribution is 7.14. The first kappa shape index (κ1) is 18.5. The van der Waals surface area contributed by atoms with Crippen molar-refractivity contribution < 1.29 is 18.0 Å². The molecule has 0 unspecified atom stereocenters. The Hall–Kier alpha value is -1.82. The van der Waals surface area contributed by atoms with E-state index in [1.54, 1.807) is 6.92 Å². The van der Waals surface area contributed by atoms with Crippen LogP contribution in [0.2, 0.25) is 0 Å². The summed E-state index contributed by atoms with van der Waals surface area (Å²) in [7, 11) is 0. The standard InChI is InChI=1S/C21H22F3NOS/c1-10-5-6-12(21(22,23)24)7-15(10)25-9-16(26)19-13-8-14-18(20(14,3)4)17(13)11(2)27-19/h5-7,14,18,25H,8-9H2,1-4H3/t14-,18-/m1/s1. The number of Topliss-reactive ketones (excluding diaryl/α,β-unsaturated/α-hetero) is 1. The summed E-state index contributed by atoms with van der Waals surface area (Å²) in [6.07, 6.45) is -3.45. The van der Waals surface area contributed by atoms with Crippen LogP contribution >= 0.6 is 11.3 Å². The van der Waals surface area contributed by atoms with Gasteiger partial charge in [0.2, 0.25) is 0 Å². The molecule has 4 rings (SSSR count). The Morgan fingerprint density at radius 3 is 2.67 bits per heavy atom. The number of hydrogen-bond donors (Lipinski definition) is 1. The number of alkyl halides is 3. The maximum absolute atomic E-state index is 12.9. The number of nitrogens with one attached hydrogen (secondary N) is 1. The quantitative estimate of drug-likeness (QED) is 0.648. The number of benzene rings is 1. The Kier molecular flexibility index (Phi) is 4.01. The fourth-order valence-corrected chi connectivity index (χ4v) is 5.77. The van der Waals surface area contributed by atoms with Gasteiger partial charge < -0.3 is 5.32 Å². The van der Waals surface area contributed by atoms with E-state index < -0.39 is 11.7 Å². The Balaban J connectivity index is 1.53. The van der Waals surface area contributed by atoms with Gasteiger partial charge in [0.05, 0.1) is 17.0 Å². The average Bonchev–Trinajstić information content (AvgIpc) is 2.92. The van der Waals surface area contributed by atoms with Gasteiger partial charge in [0.15, 0.2) is 5.78 Å². The first-order chi connectivity index (χ1) is 12.5. The van der Waals surface area contributed by atoms with Crippen molar-refractivity contribution in [3.8, 4) is 0 Å². The zero-order chi connectivity index (χ0) is 19.7. The summed E-state index contributed by atoms with van der Waals surface area (Å²) in [5.74, 6) is 1.14. The molecule has 1 aromatic carbocycles. The van der Waals surface area contributed by atoms with Crippen molar-refractivity contribution in [1.82, 2.24) is 0 Å². The van der Waals surface area contributed by atoms with Gasteiger partial charge >= 0.3 is 6.18 Å². The lowest BCUT2D eigenvalue weighted by Gasteiger charge is -2.13. The molecule has 0 amide bonds. The molecule has 1 aromatic heterocycles. The van der Waals surface area contributed by atoms with Crippen LogP contribution in [0.25, 0.3) is 0 Å². The maximum atomic E-state index is 12.9. The van der Waals surface area contributed by atoms with Crippen molar-refractivity contribution in [3.63, 3.8) is 0 Å². The molecule has 0 bridgehead atoms. The molecule has 2 nitrogen and oxygen atoms in total. The molecule has 6 heteroatoms. The van der Waals surface area contributed by atoms with Gasteiger partial charge in [-0.15, -0.1) is 11.3 Å².